The third-order valence-electron chi connectivity index (χ3n) is 4.22. The lowest BCUT2D eigenvalue weighted by atomic mass is 9.94. The van der Waals surface area contributed by atoms with Gasteiger partial charge in [0.15, 0.2) is 0 Å². The van der Waals surface area contributed by atoms with Gasteiger partial charge in [-0.3, -0.25) is 4.79 Å². The summed E-state index contributed by atoms with van der Waals surface area (Å²) in [6.45, 7) is 2.54. The number of nitrogens with zero attached hydrogens (tertiary/aromatic N) is 2. The zero-order valence-electron chi connectivity index (χ0n) is 13.2. The molecule has 1 aliphatic rings. The van der Waals surface area contributed by atoms with E-state index in [0.717, 1.165) is 16.1 Å². The fraction of sp³-hybridized carbons (Fsp3) is 0.353. The molecule has 2 atom stereocenters. The second kappa shape index (κ2) is 7.00. The van der Waals surface area contributed by atoms with Gasteiger partial charge in [0.25, 0.3) is 0 Å². The van der Waals surface area contributed by atoms with Crippen molar-refractivity contribution in [2.45, 2.75) is 19.4 Å². The number of aryl methyl sites for hydroxylation is 1. The summed E-state index contributed by atoms with van der Waals surface area (Å²) in [6.07, 6.45) is -0.477. The minimum Gasteiger partial charge on any atom is -0.481 e. The van der Waals surface area contributed by atoms with E-state index in [4.69, 9.17) is 4.74 Å². The van der Waals surface area contributed by atoms with Gasteiger partial charge in [-0.15, -0.1) is 11.3 Å². The summed E-state index contributed by atoms with van der Waals surface area (Å²) in [7, 11) is 0. The standard InChI is InChI=1S/C17H18N2O4S/c1-11-15(24-10-18-11)13-7-19(8-14(13)16(20)21)17(22)23-9-12-5-3-2-4-6-12/h2-6,10,13-14H,7-9H2,1H3,(H,20,21). The van der Waals surface area contributed by atoms with Gasteiger partial charge in [0.05, 0.1) is 17.1 Å². The normalized spacial score (nSPS) is 20.1. The molecule has 1 amide bonds. The van der Waals surface area contributed by atoms with Crippen molar-refractivity contribution in [3.8, 4) is 0 Å². The highest BCUT2D eigenvalue weighted by Gasteiger charge is 2.42. The Hall–Kier alpha value is -2.41. The predicted molar refractivity (Wildman–Crippen MR) is 88.9 cm³/mol. The Bertz CT molecular complexity index is 731. The topological polar surface area (TPSA) is 79.7 Å². The van der Waals surface area contributed by atoms with Gasteiger partial charge in [0, 0.05) is 23.9 Å². The first-order valence-corrected chi connectivity index (χ1v) is 8.52. The van der Waals surface area contributed by atoms with Crippen molar-refractivity contribution in [1.82, 2.24) is 9.88 Å². The number of hydrogen-bond acceptors (Lipinski definition) is 5. The molecule has 0 radical (unpaired) electrons. The Labute approximate surface area is 143 Å². The van der Waals surface area contributed by atoms with Crippen LogP contribution in [0.3, 0.4) is 0 Å². The van der Waals surface area contributed by atoms with Crippen molar-refractivity contribution in [1.29, 1.82) is 0 Å². The van der Waals surface area contributed by atoms with Crippen molar-refractivity contribution in [2.24, 2.45) is 5.92 Å². The van der Waals surface area contributed by atoms with Gasteiger partial charge in [-0.05, 0) is 12.5 Å². The number of benzene rings is 1. The highest BCUT2D eigenvalue weighted by molar-refractivity contribution is 7.09. The van der Waals surface area contributed by atoms with E-state index < -0.39 is 18.0 Å². The second-order valence-corrected chi connectivity index (χ2v) is 6.68. The summed E-state index contributed by atoms with van der Waals surface area (Å²) in [6, 6.07) is 9.40. The van der Waals surface area contributed by atoms with E-state index in [1.165, 1.54) is 16.2 Å². The molecule has 0 saturated carbocycles. The van der Waals surface area contributed by atoms with Crippen molar-refractivity contribution in [3.05, 3.63) is 52.0 Å². The minimum absolute atomic E-state index is 0.158. The number of ether oxygens (including phenoxy) is 1. The van der Waals surface area contributed by atoms with Crippen molar-refractivity contribution in [2.75, 3.05) is 13.1 Å². The average molecular weight is 346 g/mol. The molecule has 0 aliphatic carbocycles. The fourth-order valence-corrected chi connectivity index (χ4v) is 3.91. The van der Waals surface area contributed by atoms with Crippen LogP contribution >= 0.6 is 11.3 Å². The van der Waals surface area contributed by atoms with Gasteiger partial charge < -0.3 is 14.7 Å². The Morgan fingerprint density at radius 3 is 2.71 bits per heavy atom. The van der Waals surface area contributed by atoms with E-state index in [1.54, 1.807) is 5.51 Å². The van der Waals surface area contributed by atoms with Crippen molar-refractivity contribution < 1.29 is 19.4 Å². The van der Waals surface area contributed by atoms with E-state index in [2.05, 4.69) is 4.98 Å². The van der Waals surface area contributed by atoms with Crippen LogP contribution in [0.5, 0.6) is 0 Å². The SMILES string of the molecule is Cc1ncsc1C1CN(C(=O)OCc2ccccc2)CC1C(=O)O. The number of carbonyl (C=O) groups excluding carboxylic acids is 1. The lowest BCUT2D eigenvalue weighted by Crippen LogP contribution is -2.30. The summed E-state index contributed by atoms with van der Waals surface area (Å²) in [5.41, 5.74) is 3.44. The first-order valence-electron chi connectivity index (χ1n) is 7.64. The number of carbonyl (C=O) groups is 2. The molecule has 1 aliphatic heterocycles. The summed E-state index contributed by atoms with van der Waals surface area (Å²) >= 11 is 1.44. The third kappa shape index (κ3) is 3.41. The van der Waals surface area contributed by atoms with Gasteiger partial charge in [0.2, 0.25) is 0 Å². The van der Waals surface area contributed by atoms with Crippen LogP contribution in [-0.2, 0) is 16.1 Å². The molecule has 7 heteroatoms. The largest absolute Gasteiger partial charge is 0.481 e. The molecule has 126 valence electrons. The number of rotatable bonds is 4. The first-order chi connectivity index (χ1) is 11.6. The molecule has 6 nitrogen and oxygen atoms in total. The summed E-state index contributed by atoms with van der Waals surface area (Å²) in [4.78, 5) is 30.5. The molecule has 2 heterocycles. The number of thiazole rings is 1. The van der Waals surface area contributed by atoms with Crippen molar-refractivity contribution >= 4 is 23.4 Å². The van der Waals surface area contributed by atoms with Gasteiger partial charge in [0.1, 0.15) is 6.61 Å². The van der Waals surface area contributed by atoms with E-state index in [1.807, 2.05) is 37.3 Å². The fourth-order valence-electron chi connectivity index (χ4n) is 2.95. The van der Waals surface area contributed by atoms with Crippen LogP contribution in [0.25, 0.3) is 0 Å². The molecule has 1 saturated heterocycles. The molecule has 0 bridgehead atoms. The number of hydrogen-bond donors (Lipinski definition) is 1. The average Bonchev–Trinajstić information content (AvgIpc) is 3.19. The highest BCUT2D eigenvalue weighted by Crippen LogP contribution is 2.36. The lowest BCUT2D eigenvalue weighted by molar-refractivity contribution is -0.141. The van der Waals surface area contributed by atoms with Gasteiger partial charge in [-0.25, -0.2) is 9.78 Å². The predicted octanol–water partition coefficient (Wildman–Crippen LogP) is 2.89. The smallest absolute Gasteiger partial charge is 0.410 e. The maximum Gasteiger partial charge on any atom is 0.410 e. The van der Waals surface area contributed by atoms with Crippen LogP contribution in [0.2, 0.25) is 0 Å². The molecule has 1 aromatic carbocycles. The van der Waals surface area contributed by atoms with Crippen LogP contribution in [0.4, 0.5) is 4.79 Å². The van der Waals surface area contributed by atoms with Gasteiger partial charge >= 0.3 is 12.1 Å². The molecule has 1 aromatic heterocycles. The number of aromatic nitrogens is 1. The zero-order valence-corrected chi connectivity index (χ0v) is 14.0. The van der Waals surface area contributed by atoms with Crippen LogP contribution in [0.15, 0.2) is 35.8 Å². The Morgan fingerprint density at radius 1 is 1.33 bits per heavy atom. The summed E-state index contributed by atoms with van der Waals surface area (Å²) < 4.78 is 5.32. The van der Waals surface area contributed by atoms with Crippen LogP contribution in [0, 0.1) is 12.8 Å². The van der Waals surface area contributed by atoms with Crippen LogP contribution in [-0.4, -0.2) is 40.1 Å². The summed E-state index contributed by atoms with van der Waals surface area (Å²) in [5, 5.41) is 9.49. The molecule has 1 N–H and O–H groups in total. The maximum atomic E-state index is 12.3. The summed E-state index contributed by atoms with van der Waals surface area (Å²) in [5.74, 6) is -1.76. The number of aliphatic carboxylic acids is 1. The molecule has 24 heavy (non-hydrogen) atoms. The minimum atomic E-state index is -0.897. The number of carboxylic acid groups (broad SMARTS) is 1. The van der Waals surface area contributed by atoms with Crippen molar-refractivity contribution in [3.63, 3.8) is 0 Å². The Balaban J connectivity index is 1.67. The zero-order chi connectivity index (χ0) is 17.1. The molecule has 0 spiro atoms. The van der Waals surface area contributed by atoms with Gasteiger partial charge in [-0.2, -0.15) is 0 Å². The maximum absolute atomic E-state index is 12.3. The molecule has 3 rings (SSSR count). The monoisotopic (exact) mass is 346 g/mol. The highest BCUT2D eigenvalue weighted by atomic mass is 32.1. The quantitative estimate of drug-likeness (QED) is 0.921. The number of likely N-dealkylation sites (tertiary alicyclic amines) is 1. The molecule has 2 aromatic rings. The van der Waals surface area contributed by atoms with Crippen LogP contribution in [0.1, 0.15) is 22.1 Å². The van der Waals surface area contributed by atoms with Crippen LogP contribution < -0.4 is 0 Å². The third-order valence-corrected chi connectivity index (χ3v) is 5.28. The molecule has 1 fully saturated rings. The number of carboxylic acids is 1. The van der Waals surface area contributed by atoms with E-state index >= 15 is 0 Å². The molecular formula is C17H18N2O4S. The van der Waals surface area contributed by atoms with Gasteiger partial charge in [-0.1, -0.05) is 30.3 Å². The van der Waals surface area contributed by atoms with E-state index in [0.29, 0.717) is 6.54 Å². The lowest BCUT2D eigenvalue weighted by Gasteiger charge is -2.16. The molecule has 2 unspecified atom stereocenters. The molecular weight excluding hydrogens is 328 g/mol. The first kappa shape index (κ1) is 16.4. The Kier molecular flexibility index (Phi) is 4.80. The Morgan fingerprint density at radius 2 is 2.08 bits per heavy atom. The van der Waals surface area contributed by atoms with E-state index in [-0.39, 0.29) is 19.1 Å². The van der Waals surface area contributed by atoms with E-state index in [9.17, 15) is 14.7 Å². The second-order valence-electron chi connectivity index (χ2n) is 5.80. The number of amides is 1.